The number of rotatable bonds is 2. The zero-order valence-electron chi connectivity index (χ0n) is 8.60. The van der Waals surface area contributed by atoms with Crippen molar-refractivity contribution in [3.63, 3.8) is 0 Å². The molecule has 0 saturated carbocycles. The third-order valence-electron chi connectivity index (χ3n) is 1.96. The minimum atomic E-state index is -4.52. The third kappa shape index (κ3) is 2.72. The van der Waals surface area contributed by atoms with Gasteiger partial charge in [-0.05, 0) is 6.07 Å². The smallest absolute Gasteiger partial charge is 0.294 e. The van der Waals surface area contributed by atoms with Crippen molar-refractivity contribution in [1.82, 2.24) is 4.98 Å². The molecule has 1 heterocycles. The highest BCUT2D eigenvalue weighted by atomic mass is 35.5. The van der Waals surface area contributed by atoms with Crippen LogP contribution in [0.4, 0.5) is 13.2 Å². The highest BCUT2D eigenvalue weighted by Gasteiger charge is 2.32. The van der Waals surface area contributed by atoms with Gasteiger partial charge in [-0.1, -0.05) is 25.4 Å². The van der Waals surface area contributed by atoms with Crippen LogP contribution in [0.2, 0.25) is 5.15 Å². The van der Waals surface area contributed by atoms with Gasteiger partial charge in [0, 0.05) is 12.1 Å². The third-order valence-corrected chi connectivity index (χ3v) is 2.26. The number of hydrogen-bond donors (Lipinski definition) is 0. The number of Topliss-reactive ketones (excluding diaryl/α,β-unsaturated/α-hetero) is 1. The van der Waals surface area contributed by atoms with Crippen LogP contribution < -0.4 is 0 Å². The van der Waals surface area contributed by atoms with E-state index in [2.05, 4.69) is 4.98 Å². The number of halogens is 4. The summed E-state index contributed by atoms with van der Waals surface area (Å²) in [5.41, 5.74) is -1.16. The van der Waals surface area contributed by atoms with E-state index >= 15 is 0 Å². The minimum absolute atomic E-state index is 0.188. The van der Waals surface area contributed by atoms with Crippen LogP contribution in [-0.2, 0) is 6.18 Å². The van der Waals surface area contributed by atoms with Crippen molar-refractivity contribution < 1.29 is 18.0 Å². The van der Waals surface area contributed by atoms with Crippen LogP contribution in [0.3, 0.4) is 0 Å². The predicted molar refractivity (Wildman–Crippen MR) is 53.4 cm³/mol. The average molecular weight is 252 g/mol. The molecule has 0 aliphatic carbocycles. The summed E-state index contributed by atoms with van der Waals surface area (Å²) in [4.78, 5) is 14.9. The van der Waals surface area contributed by atoms with Gasteiger partial charge in [-0.25, -0.2) is 4.98 Å². The van der Waals surface area contributed by atoms with Gasteiger partial charge in [-0.3, -0.25) is 4.79 Å². The lowest BCUT2D eigenvalue weighted by Crippen LogP contribution is -2.12. The number of carbonyl (C=O) groups excluding carboxylic acids is 1. The first-order valence-corrected chi connectivity index (χ1v) is 4.88. The van der Waals surface area contributed by atoms with Crippen molar-refractivity contribution in [2.75, 3.05) is 0 Å². The van der Waals surface area contributed by atoms with Gasteiger partial charge in [0.05, 0.1) is 11.1 Å². The van der Waals surface area contributed by atoms with Gasteiger partial charge in [-0.2, -0.15) is 13.2 Å². The number of aromatic nitrogens is 1. The fourth-order valence-electron chi connectivity index (χ4n) is 1.09. The lowest BCUT2D eigenvalue weighted by molar-refractivity contribution is -0.137. The van der Waals surface area contributed by atoms with Crippen molar-refractivity contribution in [3.05, 3.63) is 28.5 Å². The quantitative estimate of drug-likeness (QED) is 0.594. The van der Waals surface area contributed by atoms with Gasteiger partial charge in [-0.15, -0.1) is 0 Å². The number of carbonyl (C=O) groups is 1. The molecule has 0 amide bonds. The van der Waals surface area contributed by atoms with Crippen molar-refractivity contribution in [1.29, 1.82) is 0 Å². The molecular weight excluding hydrogens is 243 g/mol. The Labute approximate surface area is 95.4 Å². The topological polar surface area (TPSA) is 30.0 Å². The summed E-state index contributed by atoms with van der Waals surface area (Å²) in [5.74, 6) is -0.883. The normalized spacial score (nSPS) is 11.9. The number of alkyl halides is 3. The number of pyridine rings is 1. The molecule has 0 aliphatic heterocycles. The van der Waals surface area contributed by atoms with Crippen LogP contribution in [0.25, 0.3) is 0 Å². The van der Waals surface area contributed by atoms with Gasteiger partial charge < -0.3 is 0 Å². The minimum Gasteiger partial charge on any atom is -0.294 e. The van der Waals surface area contributed by atoms with E-state index in [1.165, 1.54) is 0 Å². The summed E-state index contributed by atoms with van der Waals surface area (Å²) < 4.78 is 37.1. The lowest BCUT2D eigenvalue weighted by atomic mass is 10.0. The molecule has 0 spiro atoms. The zero-order valence-corrected chi connectivity index (χ0v) is 9.36. The van der Waals surface area contributed by atoms with Gasteiger partial charge in [0.1, 0.15) is 5.15 Å². The highest BCUT2D eigenvalue weighted by Crippen LogP contribution is 2.31. The SMILES string of the molecule is CC(C)C(=O)c1cc(C(F)(F)F)cnc1Cl. The van der Waals surface area contributed by atoms with Gasteiger partial charge in [0.15, 0.2) is 5.78 Å². The molecule has 0 N–H and O–H groups in total. The molecule has 0 saturated heterocycles. The molecule has 0 bridgehead atoms. The van der Waals surface area contributed by atoms with Crippen LogP contribution in [0.5, 0.6) is 0 Å². The fourth-order valence-corrected chi connectivity index (χ4v) is 1.28. The van der Waals surface area contributed by atoms with Crippen molar-refractivity contribution in [3.8, 4) is 0 Å². The molecular formula is C10H9ClF3NO. The second kappa shape index (κ2) is 4.41. The Balaban J connectivity index is 3.25. The highest BCUT2D eigenvalue weighted by molar-refractivity contribution is 6.32. The Hall–Kier alpha value is -1.10. The Morgan fingerprint density at radius 2 is 2.00 bits per heavy atom. The van der Waals surface area contributed by atoms with Gasteiger partial charge >= 0.3 is 6.18 Å². The first-order valence-electron chi connectivity index (χ1n) is 4.50. The molecule has 0 unspecified atom stereocenters. The Morgan fingerprint density at radius 1 is 1.44 bits per heavy atom. The molecule has 1 aromatic heterocycles. The predicted octanol–water partition coefficient (Wildman–Crippen LogP) is 3.59. The Morgan fingerprint density at radius 3 is 2.44 bits per heavy atom. The lowest BCUT2D eigenvalue weighted by Gasteiger charge is -2.10. The zero-order chi connectivity index (χ0) is 12.5. The molecule has 0 radical (unpaired) electrons. The van der Waals surface area contributed by atoms with Crippen LogP contribution >= 0.6 is 11.6 Å². The first-order chi connectivity index (χ1) is 7.23. The second-order valence-corrected chi connectivity index (χ2v) is 3.94. The van der Waals surface area contributed by atoms with Crippen LogP contribution in [0.15, 0.2) is 12.3 Å². The standard InChI is InChI=1S/C10H9ClF3NO/c1-5(2)8(16)7-3-6(10(12,13)14)4-15-9(7)11/h3-5H,1-2H3. The molecule has 0 aromatic carbocycles. The van der Waals surface area contributed by atoms with Crippen molar-refractivity contribution >= 4 is 17.4 Å². The van der Waals surface area contributed by atoms with E-state index in [1.807, 2.05) is 0 Å². The fraction of sp³-hybridized carbons (Fsp3) is 0.400. The maximum atomic E-state index is 12.4. The summed E-state index contributed by atoms with van der Waals surface area (Å²) >= 11 is 5.59. The maximum absolute atomic E-state index is 12.4. The monoisotopic (exact) mass is 251 g/mol. The summed E-state index contributed by atoms with van der Waals surface area (Å²) in [7, 11) is 0. The largest absolute Gasteiger partial charge is 0.417 e. The summed E-state index contributed by atoms with van der Waals surface area (Å²) in [5, 5.41) is -0.202. The first kappa shape index (κ1) is 13.0. The van der Waals surface area contributed by atoms with E-state index in [-0.39, 0.29) is 10.7 Å². The van der Waals surface area contributed by atoms with Crippen molar-refractivity contribution in [2.24, 2.45) is 5.92 Å². The van der Waals surface area contributed by atoms with E-state index in [4.69, 9.17) is 11.6 Å². The molecule has 16 heavy (non-hydrogen) atoms. The molecule has 0 aliphatic rings. The van der Waals surface area contributed by atoms with Crippen LogP contribution in [0, 0.1) is 5.92 Å². The number of hydrogen-bond acceptors (Lipinski definition) is 2. The van der Waals surface area contributed by atoms with Crippen LogP contribution in [0.1, 0.15) is 29.8 Å². The summed E-state index contributed by atoms with van der Waals surface area (Å²) in [6.07, 6.45) is -3.91. The number of ketones is 1. The molecule has 2 nitrogen and oxygen atoms in total. The molecule has 6 heteroatoms. The summed E-state index contributed by atoms with van der Waals surface area (Å²) in [6.45, 7) is 3.16. The van der Waals surface area contributed by atoms with E-state index in [0.717, 1.165) is 6.07 Å². The van der Waals surface area contributed by atoms with E-state index < -0.39 is 23.4 Å². The molecule has 1 rings (SSSR count). The van der Waals surface area contributed by atoms with E-state index in [0.29, 0.717) is 6.20 Å². The van der Waals surface area contributed by atoms with Gasteiger partial charge in [0.2, 0.25) is 0 Å². The maximum Gasteiger partial charge on any atom is 0.417 e. The molecule has 0 fully saturated rings. The second-order valence-electron chi connectivity index (χ2n) is 3.58. The molecule has 0 atom stereocenters. The number of nitrogens with zero attached hydrogens (tertiary/aromatic N) is 1. The Kier molecular flexibility index (Phi) is 3.57. The molecule has 1 aromatic rings. The summed E-state index contributed by atoms with van der Waals surface area (Å²) in [6, 6.07) is 0.734. The molecule has 88 valence electrons. The van der Waals surface area contributed by atoms with Crippen LogP contribution in [-0.4, -0.2) is 10.8 Å². The van der Waals surface area contributed by atoms with E-state index in [1.54, 1.807) is 13.8 Å². The van der Waals surface area contributed by atoms with Gasteiger partial charge in [0.25, 0.3) is 0 Å². The Bertz CT molecular complexity index is 415. The average Bonchev–Trinajstić information content (AvgIpc) is 2.15. The van der Waals surface area contributed by atoms with E-state index in [9.17, 15) is 18.0 Å². The van der Waals surface area contributed by atoms with Crippen molar-refractivity contribution in [2.45, 2.75) is 20.0 Å².